The van der Waals surface area contributed by atoms with E-state index in [1.165, 1.54) is 41.2 Å². The van der Waals surface area contributed by atoms with Crippen LogP contribution < -0.4 is 26.6 Å². The van der Waals surface area contributed by atoms with Crippen LogP contribution in [-0.2, 0) is 60.6 Å². The topological polar surface area (TPSA) is 266 Å². The molecule has 2 fully saturated rings. The number of epoxide rings is 1. The number of nitrogens with zero attached hydrogens (tertiary/aromatic N) is 2. The lowest BCUT2D eigenvalue weighted by Gasteiger charge is -2.41. The number of anilines is 2. The zero-order valence-electron chi connectivity index (χ0n) is 47.3. The molecule has 4 bridgehead atoms. The molecule has 4 heterocycles. The summed E-state index contributed by atoms with van der Waals surface area (Å²) in [4.78, 5) is 108. The lowest BCUT2D eigenvalue weighted by molar-refractivity contribution is -0.187. The van der Waals surface area contributed by atoms with Gasteiger partial charge in [-0.05, 0) is 111 Å². The number of unbranched alkanes of at least 4 members (excludes halogenated alkanes) is 2. The summed E-state index contributed by atoms with van der Waals surface area (Å²) in [5.74, 6) is -3.67. The van der Waals surface area contributed by atoms with Crippen molar-refractivity contribution in [3.63, 3.8) is 0 Å². The summed E-state index contributed by atoms with van der Waals surface area (Å²) in [5.41, 5.74) is 5.95. The highest BCUT2D eigenvalue weighted by Gasteiger charge is 2.64. The zero-order chi connectivity index (χ0) is 59.5. The van der Waals surface area contributed by atoms with Gasteiger partial charge in [-0.25, -0.2) is 9.59 Å². The molecule has 2 saturated heterocycles. The molecule has 2 aromatic rings. The summed E-state index contributed by atoms with van der Waals surface area (Å²) >= 11 is 19.3. The molecule has 9 atom stereocenters. The Labute approximate surface area is 489 Å². The molecule has 4 aliphatic heterocycles. The minimum Gasteiger partial charge on any atom is -0.462 e. The number of ether oxygens (including phenoxy) is 4. The predicted molar refractivity (Wildman–Crippen MR) is 311 cm³/mol. The monoisotopic (exact) mass is 1180 g/mol. The third-order valence-electron chi connectivity index (χ3n) is 15.6. The number of methoxy groups -OCH3 is 1. The highest BCUT2D eigenvalue weighted by atomic mass is 35.5. The number of urea groups is 1. The van der Waals surface area contributed by atoms with Crippen molar-refractivity contribution < 1.29 is 62.4 Å². The molecule has 0 saturated carbocycles. The molecule has 0 aliphatic carbocycles. The lowest BCUT2D eigenvalue weighted by atomic mass is 9.78. The molecule has 4 aliphatic rings. The maximum Gasteiger partial charge on any atom is 0.412 e. The van der Waals surface area contributed by atoms with E-state index in [2.05, 4.69) is 16.0 Å². The fourth-order valence-electron chi connectivity index (χ4n) is 10.8. The molecule has 440 valence electrons. The van der Waals surface area contributed by atoms with Crippen LogP contribution in [0.3, 0.4) is 0 Å². The number of thiocarbonyl (C=S) groups is 1. The molecule has 81 heavy (non-hydrogen) atoms. The Balaban J connectivity index is 1.15. The molecule has 0 aromatic heterocycles. The van der Waals surface area contributed by atoms with E-state index in [0.29, 0.717) is 66.2 Å². The number of carbonyl (C=O) groups is 8. The van der Waals surface area contributed by atoms with Crippen molar-refractivity contribution in [2.45, 2.75) is 160 Å². The third kappa shape index (κ3) is 17.0. The number of amides is 7. The number of hydrogen-bond acceptors (Lipinski definition) is 14. The van der Waals surface area contributed by atoms with Gasteiger partial charge in [0.2, 0.25) is 11.8 Å². The largest absolute Gasteiger partial charge is 0.462 e. The van der Waals surface area contributed by atoms with Gasteiger partial charge in [0.05, 0.1) is 46.4 Å². The number of allylic oxidation sites excluding steroid dienone is 3. The number of imide groups is 1. The van der Waals surface area contributed by atoms with Crippen LogP contribution in [0.5, 0.6) is 0 Å². The van der Waals surface area contributed by atoms with Crippen molar-refractivity contribution in [2.24, 2.45) is 23.5 Å². The Kier molecular flexibility index (Phi) is 22.4. The number of rotatable bonds is 21. The first-order valence-corrected chi connectivity index (χ1v) is 28.6. The number of esters is 1. The fraction of sp³-hybridized carbons (Fsp3) is 0.542. The van der Waals surface area contributed by atoms with E-state index < -0.39 is 77.5 Å². The van der Waals surface area contributed by atoms with Crippen molar-refractivity contribution in [2.75, 3.05) is 37.5 Å². The molecule has 7 amide bonds. The van der Waals surface area contributed by atoms with Crippen molar-refractivity contribution in [1.82, 2.24) is 15.5 Å². The van der Waals surface area contributed by atoms with Gasteiger partial charge >= 0.3 is 18.1 Å². The number of fused-ring (bicyclic) bond motifs is 5. The Bertz CT molecular complexity index is 2820. The molecule has 2 aromatic carbocycles. The van der Waals surface area contributed by atoms with Gasteiger partial charge in [-0.2, -0.15) is 0 Å². The fourth-order valence-corrected chi connectivity index (χ4v) is 11.6. The van der Waals surface area contributed by atoms with Crippen molar-refractivity contribution >= 4 is 99.2 Å². The van der Waals surface area contributed by atoms with E-state index in [1.54, 1.807) is 39.1 Å². The smallest absolute Gasteiger partial charge is 0.412 e. The zero-order valence-corrected chi connectivity index (χ0v) is 49.6. The Morgan fingerprint density at radius 3 is 2.40 bits per heavy atom. The van der Waals surface area contributed by atoms with Crippen LogP contribution in [-0.4, -0.2) is 131 Å². The lowest BCUT2D eigenvalue weighted by Crippen LogP contribution is -2.53. The molecule has 0 spiro atoms. The second kappa shape index (κ2) is 28.3. The maximum atomic E-state index is 14.4. The van der Waals surface area contributed by atoms with E-state index >= 15 is 0 Å². The normalized spacial score (nSPS) is 25.7. The molecule has 6 N–H and O–H groups in total. The predicted octanol–water partition coefficient (Wildman–Crippen LogP) is 8.14. The van der Waals surface area contributed by atoms with Gasteiger partial charge in [0.15, 0.2) is 5.78 Å². The molecule has 0 radical (unpaired) electrons. The summed E-state index contributed by atoms with van der Waals surface area (Å²) in [7, 11) is 3.04. The number of aryl methyl sites for hydroxylation is 1. The number of Topliss-reactive ketones (excluding diaryl/α,β-unsaturated/α-hetero) is 1. The molecule has 6 rings (SSSR count). The minimum atomic E-state index is -1.63. The molecular weight excluding hydrogens is 1100 g/mol. The van der Waals surface area contributed by atoms with Gasteiger partial charge in [0.25, 0.3) is 11.8 Å². The highest BCUT2D eigenvalue weighted by Crippen LogP contribution is 2.50. The number of ketones is 1. The number of benzene rings is 2. The molecule has 22 heteroatoms. The quantitative estimate of drug-likeness (QED) is 0.0260. The summed E-state index contributed by atoms with van der Waals surface area (Å²) in [6.07, 6.45) is 6.32. The van der Waals surface area contributed by atoms with Crippen LogP contribution >= 0.6 is 35.4 Å². The van der Waals surface area contributed by atoms with Crippen molar-refractivity contribution in [3.05, 3.63) is 93.0 Å². The minimum absolute atomic E-state index is 0.00864. The summed E-state index contributed by atoms with van der Waals surface area (Å²) in [6, 6.07) is 6.66. The summed E-state index contributed by atoms with van der Waals surface area (Å²) in [6.45, 7) is 11.6. The second-order valence-corrected chi connectivity index (χ2v) is 23.6. The second-order valence-electron chi connectivity index (χ2n) is 22.3. The Hall–Kier alpha value is -6.03. The number of carbonyl (C=O) groups excluding carboxylic acids is 8. The van der Waals surface area contributed by atoms with Gasteiger partial charge in [-0.1, -0.05) is 98.5 Å². The standard InChI is InChI=1S/C59H76Cl2N6O13S/c1-33(2)40(29-39(81)15-10-9-11-23-67-49(69)20-21-50(67)70)55(73)64-43(16-13-22-63-56(62)74)45(68)28-37-18-19-42(41(60)26-37)65-57(75)79-48-30-51(71)66(7)44-27-38(25-35(4)53(44)61)24-34(3)14-12-17-47(77-8)59(76)31-46(78-52(72)32-59)36(5)54-58(48,6)80-54/h12,14,17-21,25-27,33,36,40,43,46-48,54,76H,9-11,13,15-16,22-24,28-32H2,1-8H3,(H,64,73)(H,65,75)(H3,62,63,74)/b17-12+,34-14+/t36-,40+,43+,46+,47-,48+,54+,58+,59-/m1/s1. The molecule has 0 unspecified atom stereocenters. The van der Waals surface area contributed by atoms with Gasteiger partial charge in [0.1, 0.15) is 29.5 Å². The Morgan fingerprint density at radius 1 is 1.01 bits per heavy atom. The average Bonchev–Trinajstić information content (AvgIpc) is 4.00. The first-order valence-electron chi connectivity index (χ1n) is 27.4. The average molecular weight is 1180 g/mol. The molecular formula is C59H76Cl2N6O13S. The number of aliphatic hydroxyl groups is 1. The first-order chi connectivity index (χ1) is 38.2. The maximum absolute atomic E-state index is 14.4. The van der Waals surface area contributed by atoms with E-state index in [0.717, 1.165) is 23.1 Å². The van der Waals surface area contributed by atoms with E-state index in [1.807, 2.05) is 45.9 Å². The number of nitrogens with one attached hydrogen (secondary N) is 3. The number of primary amides is 1. The van der Waals surface area contributed by atoms with Crippen LogP contribution in [0.1, 0.15) is 116 Å². The van der Waals surface area contributed by atoms with E-state index in [9.17, 15) is 43.5 Å². The van der Waals surface area contributed by atoms with Gasteiger partial charge in [-0.3, -0.25) is 39.0 Å². The van der Waals surface area contributed by atoms with Crippen LogP contribution in [0.2, 0.25) is 10.0 Å². The summed E-state index contributed by atoms with van der Waals surface area (Å²) in [5, 5.41) is 20.5. The van der Waals surface area contributed by atoms with Gasteiger partial charge < -0.3 is 45.3 Å². The third-order valence-corrected chi connectivity index (χ3v) is 16.8. The number of hydrogen-bond donors (Lipinski definition) is 5. The highest BCUT2D eigenvalue weighted by molar-refractivity contribution is 7.80. The van der Waals surface area contributed by atoms with Crippen LogP contribution in [0.15, 0.2) is 66.3 Å². The van der Waals surface area contributed by atoms with E-state index in [-0.39, 0.29) is 78.8 Å². The van der Waals surface area contributed by atoms with Crippen LogP contribution in [0.4, 0.5) is 21.0 Å². The molecule has 19 nitrogen and oxygen atoms in total. The van der Waals surface area contributed by atoms with Crippen LogP contribution in [0.25, 0.3) is 0 Å². The van der Waals surface area contributed by atoms with Gasteiger partial charge in [0, 0.05) is 64.1 Å². The summed E-state index contributed by atoms with van der Waals surface area (Å²) < 4.78 is 24.0. The van der Waals surface area contributed by atoms with E-state index in [4.69, 9.17) is 60.1 Å². The van der Waals surface area contributed by atoms with Crippen molar-refractivity contribution in [1.29, 1.82) is 0 Å². The SMILES string of the molecule is CO[C@@H]1/C=C/C=C(\C)Cc2cc(C)c(Cl)c(c2)N(C)C(=O)C[C@H](OC(=O)Nc2ccc(CC(=O)[C@H](CCCNC(N)=O)NC(=O)[C@@H](CC(=S)CCCCCN3C(=O)C=CC3=O)C(C)C)cc2Cl)[C@]2(C)O[C@H]2[C@H](C)[C@@H]2C[C@@]1(O)CC(=O)O2. The van der Waals surface area contributed by atoms with Gasteiger partial charge in [-0.15, -0.1) is 0 Å². The number of halogens is 2. The van der Waals surface area contributed by atoms with Crippen LogP contribution in [0, 0.1) is 24.7 Å². The number of nitrogens with two attached hydrogens (primary N) is 1. The Morgan fingerprint density at radius 2 is 1.73 bits per heavy atom. The van der Waals surface area contributed by atoms with Crippen molar-refractivity contribution in [3.8, 4) is 0 Å². The first kappa shape index (κ1) is 64.1.